The lowest BCUT2D eigenvalue weighted by Crippen LogP contribution is -2.42. The van der Waals surface area contributed by atoms with E-state index in [0.29, 0.717) is 6.54 Å². The van der Waals surface area contributed by atoms with Gasteiger partial charge in [-0.05, 0) is 43.4 Å². The third-order valence-corrected chi connectivity index (χ3v) is 4.61. The van der Waals surface area contributed by atoms with Crippen LogP contribution in [0, 0.1) is 0 Å². The van der Waals surface area contributed by atoms with E-state index in [4.69, 9.17) is 5.73 Å². The van der Waals surface area contributed by atoms with Crippen LogP contribution >= 0.6 is 0 Å². The first-order valence-corrected chi connectivity index (χ1v) is 8.15. The van der Waals surface area contributed by atoms with E-state index in [1.165, 1.54) is 18.4 Å². The van der Waals surface area contributed by atoms with Gasteiger partial charge in [-0.15, -0.1) is 0 Å². The van der Waals surface area contributed by atoms with E-state index in [2.05, 4.69) is 11.0 Å². The molecule has 0 radical (unpaired) electrons. The fourth-order valence-electron chi connectivity index (χ4n) is 3.42. The van der Waals surface area contributed by atoms with Crippen molar-refractivity contribution in [3.8, 4) is 0 Å². The van der Waals surface area contributed by atoms with Crippen LogP contribution in [-0.4, -0.2) is 37.0 Å². The molecule has 0 bridgehead atoms. The van der Waals surface area contributed by atoms with Crippen LogP contribution < -0.4 is 10.6 Å². The maximum Gasteiger partial charge on any atom is 0.242 e. The second-order valence-corrected chi connectivity index (χ2v) is 6.21. The molecule has 0 spiro atoms. The summed E-state index contributed by atoms with van der Waals surface area (Å²) in [6.45, 7) is 3.30. The standard InChI is InChI=1S/C17H25N3O/c18-15-8-7-14-6-5-11-20(16(14)12-15)13-17(21)19-9-3-1-2-4-10-19/h7-8,12H,1-6,9-11,13,18H2. The number of amides is 1. The van der Waals surface area contributed by atoms with Crippen LogP contribution in [0.3, 0.4) is 0 Å². The van der Waals surface area contributed by atoms with Gasteiger partial charge in [-0.2, -0.15) is 0 Å². The first-order chi connectivity index (χ1) is 10.2. The van der Waals surface area contributed by atoms with Crippen molar-refractivity contribution in [3.05, 3.63) is 23.8 Å². The molecular formula is C17H25N3O. The predicted molar refractivity (Wildman–Crippen MR) is 86.4 cm³/mol. The normalized spacial score (nSPS) is 19.0. The fraction of sp³-hybridized carbons (Fsp3) is 0.588. The molecule has 4 heteroatoms. The Morgan fingerprint density at radius 3 is 2.57 bits per heavy atom. The Balaban J connectivity index is 1.70. The summed E-state index contributed by atoms with van der Waals surface area (Å²) < 4.78 is 0. The van der Waals surface area contributed by atoms with Crippen LogP contribution in [0.2, 0.25) is 0 Å². The fourth-order valence-corrected chi connectivity index (χ4v) is 3.42. The van der Waals surface area contributed by atoms with Gasteiger partial charge < -0.3 is 15.5 Å². The topological polar surface area (TPSA) is 49.6 Å². The lowest BCUT2D eigenvalue weighted by Gasteiger charge is -2.33. The van der Waals surface area contributed by atoms with Gasteiger partial charge in [-0.3, -0.25) is 4.79 Å². The molecule has 0 unspecified atom stereocenters. The van der Waals surface area contributed by atoms with Crippen LogP contribution in [0.5, 0.6) is 0 Å². The highest BCUT2D eigenvalue weighted by Crippen LogP contribution is 2.29. The monoisotopic (exact) mass is 287 g/mol. The summed E-state index contributed by atoms with van der Waals surface area (Å²) in [5, 5.41) is 0. The van der Waals surface area contributed by atoms with Crippen molar-refractivity contribution in [2.75, 3.05) is 36.8 Å². The average molecular weight is 287 g/mol. The molecule has 21 heavy (non-hydrogen) atoms. The van der Waals surface area contributed by atoms with E-state index in [1.807, 2.05) is 17.0 Å². The lowest BCUT2D eigenvalue weighted by molar-refractivity contribution is -0.129. The van der Waals surface area contributed by atoms with Gasteiger partial charge in [-0.25, -0.2) is 0 Å². The van der Waals surface area contributed by atoms with E-state index >= 15 is 0 Å². The number of carbonyl (C=O) groups excluding carboxylic acids is 1. The number of nitrogens with zero attached hydrogens (tertiary/aromatic N) is 2. The quantitative estimate of drug-likeness (QED) is 0.850. The molecule has 1 amide bonds. The summed E-state index contributed by atoms with van der Waals surface area (Å²) in [5.41, 5.74) is 9.17. The van der Waals surface area contributed by atoms with Crippen molar-refractivity contribution >= 4 is 17.3 Å². The second kappa shape index (κ2) is 6.37. The van der Waals surface area contributed by atoms with Gasteiger partial charge in [0.25, 0.3) is 0 Å². The minimum atomic E-state index is 0.271. The summed E-state index contributed by atoms with van der Waals surface area (Å²) in [6.07, 6.45) is 7.01. The van der Waals surface area contributed by atoms with Crippen LogP contribution in [0.1, 0.15) is 37.7 Å². The van der Waals surface area contributed by atoms with Gasteiger partial charge >= 0.3 is 0 Å². The summed E-state index contributed by atoms with van der Waals surface area (Å²) >= 11 is 0. The summed E-state index contributed by atoms with van der Waals surface area (Å²) in [6, 6.07) is 6.08. The number of benzene rings is 1. The summed E-state index contributed by atoms with van der Waals surface area (Å²) in [5.74, 6) is 0.271. The Morgan fingerprint density at radius 1 is 1.05 bits per heavy atom. The SMILES string of the molecule is Nc1ccc2c(c1)N(CC(=O)N1CCCCCC1)CCC2. The molecule has 4 nitrogen and oxygen atoms in total. The number of aryl methyl sites for hydroxylation is 1. The van der Waals surface area contributed by atoms with Gasteiger partial charge in [0.2, 0.25) is 5.91 Å². The van der Waals surface area contributed by atoms with Crippen LogP contribution in [0.4, 0.5) is 11.4 Å². The van der Waals surface area contributed by atoms with Crippen molar-refractivity contribution < 1.29 is 4.79 Å². The average Bonchev–Trinajstić information content (AvgIpc) is 2.77. The molecule has 2 aliphatic heterocycles. The minimum Gasteiger partial charge on any atom is -0.399 e. The molecule has 2 N–H and O–H groups in total. The number of rotatable bonds is 2. The highest BCUT2D eigenvalue weighted by atomic mass is 16.2. The van der Waals surface area contributed by atoms with Crippen molar-refractivity contribution in [2.45, 2.75) is 38.5 Å². The van der Waals surface area contributed by atoms with Crippen molar-refractivity contribution in [2.24, 2.45) is 0 Å². The Bertz CT molecular complexity index is 507. The molecule has 1 saturated heterocycles. The molecule has 2 heterocycles. The molecular weight excluding hydrogens is 262 g/mol. The van der Waals surface area contributed by atoms with Gasteiger partial charge in [-0.1, -0.05) is 18.9 Å². The molecule has 2 aliphatic rings. The summed E-state index contributed by atoms with van der Waals surface area (Å²) in [4.78, 5) is 16.8. The molecule has 1 fully saturated rings. The number of carbonyl (C=O) groups is 1. The number of nitrogens with two attached hydrogens (primary N) is 1. The lowest BCUT2D eigenvalue weighted by atomic mass is 10.0. The maximum atomic E-state index is 12.6. The maximum absolute atomic E-state index is 12.6. The van der Waals surface area contributed by atoms with Crippen LogP contribution in [-0.2, 0) is 11.2 Å². The van der Waals surface area contributed by atoms with Crippen LogP contribution in [0.25, 0.3) is 0 Å². The molecule has 3 rings (SSSR count). The van der Waals surface area contributed by atoms with E-state index < -0.39 is 0 Å². The zero-order valence-corrected chi connectivity index (χ0v) is 12.7. The van der Waals surface area contributed by atoms with Crippen molar-refractivity contribution in [1.82, 2.24) is 4.90 Å². The highest BCUT2D eigenvalue weighted by Gasteiger charge is 2.22. The van der Waals surface area contributed by atoms with Crippen molar-refractivity contribution in [3.63, 3.8) is 0 Å². The first kappa shape index (κ1) is 14.2. The van der Waals surface area contributed by atoms with Gasteiger partial charge in [0.15, 0.2) is 0 Å². The van der Waals surface area contributed by atoms with Gasteiger partial charge in [0, 0.05) is 31.0 Å². The van der Waals surface area contributed by atoms with E-state index in [0.717, 1.165) is 56.7 Å². The summed E-state index contributed by atoms with van der Waals surface area (Å²) in [7, 11) is 0. The molecule has 0 saturated carbocycles. The van der Waals surface area contributed by atoms with Crippen LogP contribution in [0.15, 0.2) is 18.2 Å². The Hall–Kier alpha value is -1.71. The van der Waals surface area contributed by atoms with E-state index in [9.17, 15) is 4.79 Å². The molecule has 0 atom stereocenters. The number of hydrogen-bond donors (Lipinski definition) is 1. The van der Waals surface area contributed by atoms with Gasteiger partial charge in [0.05, 0.1) is 6.54 Å². The van der Waals surface area contributed by atoms with E-state index in [-0.39, 0.29) is 5.91 Å². The zero-order valence-electron chi connectivity index (χ0n) is 12.7. The Kier molecular flexibility index (Phi) is 4.32. The number of likely N-dealkylation sites (tertiary alicyclic amines) is 1. The Labute approximate surface area is 126 Å². The Morgan fingerprint density at radius 2 is 1.81 bits per heavy atom. The minimum absolute atomic E-state index is 0.271. The molecule has 1 aromatic carbocycles. The number of fused-ring (bicyclic) bond motifs is 1. The number of hydrogen-bond acceptors (Lipinski definition) is 3. The highest BCUT2D eigenvalue weighted by molar-refractivity contribution is 5.82. The zero-order chi connectivity index (χ0) is 14.7. The third-order valence-electron chi connectivity index (χ3n) is 4.61. The molecule has 0 aliphatic carbocycles. The van der Waals surface area contributed by atoms with E-state index in [1.54, 1.807) is 0 Å². The number of anilines is 2. The molecule has 0 aromatic heterocycles. The molecule has 114 valence electrons. The predicted octanol–water partition coefficient (Wildman–Crippen LogP) is 2.42. The van der Waals surface area contributed by atoms with Crippen molar-refractivity contribution in [1.29, 1.82) is 0 Å². The molecule has 1 aromatic rings. The third kappa shape index (κ3) is 3.31. The smallest absolute Gasteiger partial charge is 0.242 e. The largest absolute Gasteiger partial charge is 0.399 e. The first-order valence-electron chi connectivity index (χ1n) is 8.15. The second-order valence-electron chi connectivity index (χ2n) is 6.21. The van der Waals surface area contributed by atoms with Gasteiger partial charge in [0.1, 0.15) is 0 Å². The number of nitrogen functional groups attached to an aromatic ring is 1.